The van der Waals surface area contributed by atoms with E-state index in [2.05, 4.69) is 12.2 Å². The lowest BCUT2D eigenvalue weighted by atomic mass is 10.1. The molecule has 1 amide bonds. The summed E-state index contributed by atoms with van der Waals surface area (Å²) in [5, 5.41) is 3.32. The Labute approximate surface area is 106 Å². The molecule has 1 atom stereocenters. The molecule has 0 unspecified atom stereocenters. The highest BCUT2D eigenvalue weighted by molar-refractivity contribution is 5.95. The standard InChI is InChI=1S/C13H16N2O3/c1-9-7-15(5-4-14-9)13(16)10-2-3-11-12(6-10)18-8-17-11/h2-3,6,9,14H,4-5,7-8H2,1H3/t9-/m1/s1. The molecule has 2 aliphatic rings. The van der Waals surface area contributed by atoms with Gasteiger partial charge in [-0.3, -0.25) is 4.79 Å². The topological polar surface area (TPSA) is 50.8 Å². The summed E-state index contributed by atoms with van der Waals surface area (Å²) in [6.45, 7) is 4.65. The zero-order valence-corrected chi connectivity index (χ0v) is 10.3. The SMILES string of the molecule is C[C@@H]1CN(C(=O)c2ccc3c(c2)OCO3)CCN1. The van der Waals surface area contributed by atoms with Crippen LogP contribution in [0.4, 0.5) is 0 Å². The van der Waals surface area contributed by atoms with Crippen molar-refractivity contribution in [2.24, 2.45) is 0 Å². The van der Waals surface area contributed by atoms with E-state index in [0.717, 1.165) is 19.6 Å². The van der Waals surface area contributed by atoms with E-state index in [0.29, 0.717) is 23.1 Å². The third-order valence-electron chi connectivity index (χ3n) is 3.28. The van der Waals surface area contributed by atoms with Crippen molar-refractivity contribution < 1.29 is 14.3 Å². The summed E-state index contributed by atoms with van der Waals surface area (Å²) >= 11 is 0. The van der Waals surface area contributed by atoms with Gasteiger partial charge in [0.15, 0.2) is 11.5 Å². The number of amides is 1. The number of carbonyl (C=O) groups excluding carboxylic acids is 1. The van der Waals surface area contributed by atoms with Crippen LogP contribution >= 0.6 is 0 Å². The first-order valence-corrected chi connectivity index (χ1v) is 6.16. The number of nitrogens with zero attached hydrogens (tertiary/aromatic N) is 1. The van der Waals surface area contributed by atoms with Gasteiger partial charge in [0.2, 0.25) is 6.79 Å². The molecule has 1 aromatic carbocycles. The molecule has 1 N–H and O–H groups in total. The first-order valence-electron chi connectivity index (χ1n) is 6.16. The number of ether oxygens (including phenoxy) is 2. The smallest absolute Gasteiger partial charge is 0.254 e. The van der Waals surface area contributed by atoms with Crippen molar-refractivity contribution in [3.05, 3.63) is 23.8 Å². The second-order valence-corrected chi connectivity index (χ2v) is 4.67. The van der Waals surface area contributed by atoms with Gasteiger partial charge < -0.3 is 19.7 Å². The number of benzene rings is 1. The van der Waals surface area contributed by atoms with Crippen LogP contribution in [-0.4, -0.2) is 43.3 Å². The van der Waals surface area contributed by atoms with E-state index in [1.807, 2.05) is 4.90 Å². The van der Waals surface area contributed by atoms with Gasteiger partial charge in [0.25, 0.3) is 5.91 Å². The minimum Gasteiger partial charge on any atom is -0.454 e. The van der Waals surface area contributed by atoms with Gasteiger partial charge in [-0.2, -0.15) is 0 Å². The predicted molar refractivity (Wildman–Crippen MR) is 65.9 cm³/mol. The van der Waals surface area contributed by atoms with Gasteiger partial charge >= 0.3 is 0 Å². The minimum absolute atomic E-state index is 0.0571. The molecule has 1 saturated heterocycles. The van der Waals surface area contributed by atoms with Gasteiger partial charge in [-0.15, -0.1) is 0 Å². The molecule has 0 saturated carbocycles. The Kier molecular flexibility index (Phi) is 2.83. The van der Waals surface area contributed by atoms with Crippen LogP contribution in [0.2, 0.25) is 0 Å². The van der Waals surface area contributed by atoms with E-state index < -0.39 is 0 Å². The summed E-state index contributed by atoms with van der Waals surface area (Å²) < 4.78 is 10.5. The number of nitrogens with one attached hydrogen (secondary N) is 1. The number of piperazine rings is 1. The van der Waals surface area contributed by atoms with Gasteiger partial charge in [-0.05, 0) is 25.1 Å². The molecule has 1 fully saturated rings. The van der Waals surface area contributed by atoms with Crippen molar-refractivity contribution >= 4 is 5.91 Å². The number of hydrogen-bond acceptors (Lipinski definition) is 4. The fourth-order valence-electron chi connectivity index (χ4n) is 2.33. The minimum atomic E-state index is 0.0571. The lowest BCUT2D eigenvalue weighted by Gasteiger charge is -2.32. The molecular formula is C13H16N2O3. The molecule has 18 heavy (non-hydrogen) atoms. The van der Waals surface area contributed by atoms with Crippen LogP contribution in [0.1, 0.15) is 17.3 Å². The zero-order chi connectivity index (χ0) is 12.5. The molecular weight excluding hydrogens is 232 g/mol. The van der Waals surface area contributed by atoms with Gasteiger partial charge in [0, 0.05) is 31.2 Å². The van der Waals surface area contributed by atoms with Crippen molar-refractivity contribution in [2.75, 3.05) is 26.4 Å². The van der Waals surface area contributed by atoms with Crippen LogP contribution in [0.3, 0.4) is 0 Å². The molecule has 96 valence electrons. The van der Waals surface area contributed by atoms with Crippen LogP contribution in [0.5, 0.6) is 11.5 Å². The molecule has 0 bridgehead atoms. The summed E-state index contributed by atoms with van der Waals surface area (Å²) in [4.78, 5) is 14.2. The molecule has 2 aliphatic heterocycles. The summed E-state index contributed by atoms with van der Waals surface area (Å²) in [6, 6.07) is 5.69. The van der Waals surface area contributed by atoms with Crippen LogP contribution in [-0.2, 0) is 0 Å². The summed E-state index contributed by atoms with van der Waals surface area (Å²) in [6.07, 6.45) is 0. The average molecular weight is 248 g/mol. The quantitative estimate of drug-likeness (QED) is 0.800. The van der Waals surface area contributed by atoms with Crippen LogP contribution < -0.4 is 14.8 Å². The summed E-state index contributed by atoms with van der Waals surface area (Å²) in [7, 11) is 0. The van der Waals surface area contributed by atoms with Gasteiger partial charge in [-0.25, -0.2) is 0 Å². The largest absolute Gasteiger partial charge is 0.454 e. The Morgan fingerprint density at radius 2 is 2.22 bits per heavy atom. The molecule has 0 radical (unpaired) electrons. The molecule has 3 rings (SSSR count). The van der Waals surface area contributed by atoms with Gasteiger partial charge in [0.05, 0.1) is 0 Å². The molecule has 2 heterocycles. The van der Waals surface area contributed by atoms with Crippen LogP contribution in [0, 0.1) is 0 Å². The Balaban J connectivity index is 1.79. The predicted octanol–water partition coefficient (Wildman–Crippen LogP) is 0.849. The van der Waals surface area contributed by atoms with Gasteiger partial charge in [-0.1, -0.05) is 0 Å². The van der Waals surface area contributed by atoms with Crippen molar-refractivity contribution in [2.45, 2.75) is 13.0 Å². The van der Waals surface area contributed by atoms with Crippen molar-refractivity contribution in [3.63, 3.8) is 0 Å². The monoisotopic (exact) mass is 248 g/mol. The fourth-order valence-corrected chi connectivity index (χ4v) is 2.33. The Morgan fingerprint density at radius 3 is 3.06 bits per heavy atom. The maximum Gasteiger partial charge on any atom is 0.254 e. The fraction of sp³-hybridized carbons (Fsp3) is 0.462. The zero-order valence-electron chi connectivity index (χ0n) is 10.3. The first-order chi connectivity index (χ1) is 8.74. The number of carbonyl (C=O) groups is 1. The van der Waals surface area contributed by atoms with E-state index in [1.165, 1.54) is 0 Å². The third kappa shape index (κ3) is 2.01. The number of rotatable bonds is 1. The van der Waals surface area contributed by atoms with Crippen LogP contribution in [0.15, 0.2) is 18.2 Å². The molecule has 0 aromatic heterocycles. The van der Waals surface area contributed by atoms with Crippen molar-refractivity contribution in [1.82, 2.24) is 10.2 Å². The molecule has 5 nitrogen and oxygen atoms in total. The number of hydrogen-bond donors (Lipinski definition) is 1. The molecule has 1 aromatic rings. The van der Waals surface area contributed by atoms with Crippen LogP contribution in [0.25, 0.3) is 0 Å². The highest BCUT2D eigenvalue weighted by Gasteiger charge is 2.23. The summed E-state index contributed by atoms with van der Waals surface area (Å²) in [5.74, 6) is 1.42. The molecule has 0 spiro atoms. The molecule has 5 heteroatoms. The first kappa shape index (κ1) is 11.3. The van der Waals surface area contributed by atoms with E-state index >= 15 is 0 Å². The second-order valence-electron chi connectivity index (χ2n) is 4.67. The second kappa shape index (κ2) is 4.49. The lowest BCUT2D eigenvalue weighted by molar-refractivity contribution is 0.0708. The normalized spacial score (nSPS) is 22.1. The Hall–Kier alpha value is -1.75. The van der Waals surface area contributed by atoms with Crippen molar-refractivity contribution in [1.29, 1.82) is 0 Å². The maximum absolute atomic E-state index is 12.3. The van der Waals surface area contributed by atoms with E-state index in [-0.39, 0.29) is 12.7 Å². The summed E-state index contributed by atoms with van der Waals surface area (Å²) in [5.41, 5.74) is 0.661. The lowest BCUT2D eigenvalue weighted by Crippen LogP contribution is -2.51. The maximum atomic E-state index is 12.3. The Morgan fingerprint density at radius 1 is 1.39 bits per heavy atom. The third-order valence-corrected chi connectivity index (χ3v) is 3.28. The van der Waals surface area contributed by atoms with E-state index in [4.69, 9.17) is 9.47 Å². The van der Waals surface area contributed by atoms with E-state index in [1.54, 1.807) is 18.2 Å². The molecule has 0 aliphatic carbocycles. The van der Waals surface area contributed by atoms with E-state index in [9.17, 15) is 4.79 Å². The highest BCUT2D eigenvalue weighted by atomic mass is 16.7. The van der Waals surface area contributed by atoms with Crippen molar-refractivity contribution in [3.8, 4) is 11.5 Å². The number of fused-ring (bicyclic) bond motifs is 1. The highest BCUT2D eigenvalue weighted by Crippen LogP contribution is 2.32. The average Bonchev–Trinajstić information content (AvgIpc) is 2.85. The van der Waals surface area contributed by atoms with Gasteiger partial charge in [0.1, 0.15) is 0 Å². The Bertz CT molecular complexity index is 475.